The van der Waals surface area contributed by atoms with Gasteiger partial charge < -0.3 is 9.84 Å². The van der Waals surface area contributed by atoms with Crippen molar-refractivity contribution in [1.82, 2.24) is 25.0 Å². The normalized spacial score (nSPS) is 10.8. The standard InChI is InChI=1S/C19H15N5O3/c25-18(13-6-2-1-3-7-13)20-10-17-22-16(23-27-17)11-24-12-21-15-9-5-4-8-14(15)19(24)26/h1-9,12H,10-11H2,(H,20,25). The van der Waals surface area contributed by atoms with Crippen LogP contribution in [0.2, 0.25) is 0 Å². The lowest BCUT2D eigenvalue weighted by atomic mass is 10.2. The van der Waals surface area contributed by atoms with Gasteiger partial charge in [0.05, 0.1) is 30.3 Å². The molecule has 0 aliphatic heterocycles. The molecule has 8 heteroatoms. The summed E-state index contributed by atoms with van der Waals surface area (Å²) in [6, 6.07) is 16.0. The highest BCUT2D eigenvalue weighted by molar-refractivity contribution is 5.93. The van der Waals surface area contributed by atoms with E-state index in [4.69, 9.17) is 4.52 Å². The van der Waals surface area contributed by atoms with Crippen LogP contribution in [0, 0.1) is 0 Å². The average Bonchev–Trinajstić information content (AvgIpc) is 3.16. The lowest BCUT2D eigenvalue weighted by Crippen LogP contribution is -2.23. The highest BCUT2D eigenvalue weighted by Gasteiger charge is 2.11. The van der Waals surface area contributed by atoms with Gasteiger partial charge in [0.15, 0.2) is 5.82 Å². The van der Waals surface area contributed by atoms with Gasteiger partial charge in [-0.2, -0.15) is 4.98 Å². The maximum atomic E-state index is 12.5. The fourth-order valence-corrected chi connectivity index (χ4v) is 2.64. The molecule has 0 fully saturated rings. The third kappa shape index (κ3) is 3.59. The van der Waals surface area contributed by atoms with Gasteiger partial charge in [-0.1, -0.05) is 35.5 Å². The number of nitrogens with one attached hydrogen (secondary N) is 1. The number of hydrogen-bond acceptors (Lipinski definition) is 6. The number of amides is 1. The van der Waals surface area contributed by atoms with Crippen LogP contribution in [-0.4, -0.2) is 25.6 Å². The van der Waals surface area contributed by atoms with Crippen molar-refractivity contribution < 1.29 is 9.32 Å². The summed E-state index contributed by atoms with van der Waals surface area (Å²) in [4.78, 5) is 33.0. The molecule has 8 nitrogen and oxygen atoms in total. The van der Waals surface area contributed by atoms with Crippen molar-refractivity contribution in [2.45, 2.75) is 13.1 Å². The van der Waals surface area contributed by atoms with Gasteiger partial charge in [-0.15, -0.1) is 0 Å². The third-order valence-corrected chi connectivity index (χ3v) is 3.99. The average molecular weight is 361 g/mol. The van der Waals surface area contributed by atoms with Crippen molar-refractivity contribution in [3.63, 3.8) is 0 Å². The molecule has 0 aliphatic rings. The predicted molar refractivity (Wildman–Crippen MR) is 97.0 cm³/mol. The second-order valence-electron chi connectivity index (χ2n) is 5.85. The van der Waals surface area contributed by atoms with Crippen molar-refractivity contribution >= 4 is 16.8 Å². The van der Waals surface area contributed by atoms with Gasteiger partial charge in [-0.3, -0.25) is 14.2 Å². The zero-order chi connectivity index (χ0) is 18.6. The molecule has 0 saturated carbocycles. The highest BCUT2D eigenvalue weighted by Crippen LogP contribution is 2.06. The number of benzene rings is 2. The summed E-state index contributed by atoms with van der Waals surface area (Å²) in [5.74, 6) is 0.361. The van der Waals surface area contributed by atoms with Crippen molar-refractivity contribution in [2.24, 2.45) is 0 Å². The molecule has 0 bridgehead atoms. The summed E-state index contributed by atoms with van der Waals surface area (Å²) in [5.41, 5.74) is 1.01. The SMILES string of the molecule is O=C(NCc1nc(Cn2cnc3ccccc3c2=O)no1)c1ccccc1. The molecule has 4 rings (SSSR count). The number of hydrogen-bond donors (Lipinski definition) is 1. The molecule has 4 aromatic rings. The summed E-state index contributed by atoms with van der Waals surface area (Å²) in [6.07, 6.45) is 1.46. The van der Waals surface area contributed by atoms with E-state index in [1.165, 1.54) is 10.9 Å². The molecule has 0 radical (unpaired) electrons. The number of nitrogens with zero attached hydrogens (tertiary/aromatic N) is 4. The van der Waals surface area contributed by atoms with E-state index < -0.39 is 0 Å². The monoisotopic (exact) mass is 361 g/mol. The summed E-state index contributed by atoms with van der Waals surface area (Å²) in [5, 5.41) is 7.10. The molecule has 2 aromatic carbocycles. The Morgan fingerprint density at radius 3 is 2.70 bits per heavy atom. The summed E-state index contributed by atoms with van der Waals surface area (Å²) in [7, 11) is 0. The molecule has 0 unspecified atom stereocenters. The Hall–Kier alpha value is -3.81. The summed E-state index contributed by atoms with van der Waals surface area (Å²) >= 11 is 0. The number of fused-ring (bicyclic) bond motifs is 1. The largest absolute Gasteiger partial charge is 0.343 e. The lowest BCUT2D eigenvalue weighted by molar-refractivity contribution is 0.0946. The van der Waals surface area contributed by atoms with Gasteiger partial charge in [0.2, 0.25) is 5.89 Å². The zero-order valence-electron chi connectivity index (χ0n) is 14.2. The molecule has 134 valence electrons. The van der Waals surface area contributed by atoms with Gasteiger partial charge in [0.1, 0.15) is 0 Å². The Kier molecular flexibility index (Phi) is 4.44. The van der Waals surface area contributed by atoms with Gasteiger partial charge in [0.25, 0.3) is 11.5 Å². The molecule has 1 N–H and O–H groups in total. The topological polar surface area (TPSA) is 103 Å². The smallest absolute Gasteiger partial charge is 0.261 e. The zero-order valence-corrected chi connectivity index (χ0v) is 14.2. The second kappa shape index (κ2) is 7.20. The van der Waals surface area contributed by atoms with E-state index in [1.807, 2.05) is 12.1 Å². The van der Waals surface area contributed by atoms with E-state index in [9.17, 15) is 9.59 Å². The van der Waals surface area contributed by atoms with Gasteiger partial charge in [-0.25, -0.2) is 4.98 Å². The van der Waals surface area contributed by atoms with E-state index >= 15 is 0 Å². The summed E-state index contributed by atoms with van der Waals surface area (Å²) in [6.45, 7) is 0.235. The van der Waals surface area contributed by atoms with E-state index in [-0.39, 0.29) is 30.4 Å². The number of rotatable bonds is 5. The maximum Gasteiger partial charge on any atom is 0.261 e. The van der Waals surface area contributed by atoms with Crippen molar-refractivity contribution in [3.05, 3.63) is 88.6 Å². The molecule has 2 heterocycles. The lowest BCUT2D eigenvalue weighted by Gasteiger charge is -2.03. The summed E-state index contributed by atoms with van der Waals surface area (Å²) < 4.78 is 6.56. The first-order valence-electron chi connectivity index (χ1n) is 8.29. The molecule has 0 atom stereocenters. The Morgan fingerprint density at radius 1 is 1.07 bits per heavy atom. The number of carbonyl (C=O) groups is 1. The highest BCUT2D eigenvalue weighted by atomic mass is 16.5. The molecule has 0 saturated heterocycles. The quantitative estimate of drug-likeness (QED) is 0.581. The van der Waals surface area contributed by atoms with Crippen LogP contribution in [0.5, 0.6) is 0 Å². The Morgan fingerprint density at radius 2 is 1.85 bits per heavy atom. The first-order valence-corrected chi connectivity index (χ1v) is 8.29. The van der Waals surface area contributed by atoms with Crippen LogP contribution in [-0.2, 0) is 13.1 Å². The van der Waals surface area contributed by atoms with Crippen molar-refractivity contribution in [1.29, 1.82) is 0 Å². The van der Waals surface area contributed by atoms with Crippen LogP contribution >= 0.6 is 0 Å². The van der Waals surface area contributed by atoms with Crippen LogP contribution in [0.3, 0.4) is 0 Å². The minimum absolute atomic E-state index is 0.103. The van der Waals surface area contributed by atoms with Gasteiger partial charge in [-0.05, 0) is 24.3 Å². The first kappa shape index (κ1) is 16.6. The minimum atomic E-state index is -0.231. The van der Waals surface area contributed by atoms with Crippen LogP contribution in [0.1, 0.15) is 22.1 Å². The Labute approximate surface area is 153 Å². The van der Waals surface area contributed by atoms with Crippen LogP contribution < -0.4 is 10.9 Å². The fourth-order valence-electron chi connectivity index (χ4n) is 2.64. The van der Waals surface area contributed by atoms with Crippen molar-refractivity contribution in [2.75, 3.05) is 0 Å². The molecule has 2 aromatic heterocycles. The number of aromatic nitrogens is 4. The van der Waals surface area contributed by atoms with Crippen molar-refractivity contribution in [3.8, 4) is 0 Å². The van der Waals surface area contributed by atoms with E-state index in [0.29, 0.717) is 22.3 Å². The van der Waals surface area contributed by atoms with Crippen LogP contribution in [0.25, 0.3) is 10.9 Å². The molecule has 0 aliphatic carbocycles. The van der Waals surface area contributed by atoms with Crippen LogP contribution in [0.4, 0.5) is 0 Å². The Bertz CT molecular complexity index is 1150. The molecular formula is C19H15N5O3. The van der Waals surface area contributed by atoms with Crippen LogP contribution in [0.15, 0.2) is 70.2 Å². The number of carbonyl (C=O) groups excluding carboxylic acids is 1. The molecular weight excluding hydrogens is 346 g/mol. The van der Waals surface area contributed by atoms with Gasteiger partial charge >= 0.3 is 0 Å². The second-order valence-corrected chi connectivity index (χ2v) is 5.85. The van der Waals surface area contributed by atoms with E-state index in [0.717, 1.165) is 0 Å². The fraction of sp³-hybridized carbons (Fsp3) is 0.105. The predicted octanol–water partition coefficient (Wildman–Crippen LogP) is 1.76. The molecule has 27 heavy (non-hydrogen) atoms. The minimum Gasteiger partial charge on any atom is -0.343 e. The first-order chi connectivity index (χ1) is 13.2. The van der Waals surface area contributed by atoms with E-state index in [1.54, 1.807) is 42.5 Å². The maximum absolute atomic E-state index is 12.5. The Balaban J connectivity index is 1.45. The van der Waals surface area contributed by atoms with E-state index in [2.05, 4.69) is 20.4 Å². The molecule has 1 amide bonds. The van der Waals surface area contributed by atoms with Gasteiger partial charge in [0, 0.05) is 5.56 Å². The number of para-hydroxylation sites is 1. The molecule has 0 spiro atoms. The third-order valence-electron chi connectivity index (χ3n) is 3.99.